The molecular weight excluding hydrogens is 314 g/mol. The smallest absolute Gasteiger partial charge is 0.243 e. The summed E-state index contributed by atoms with van der Waals surface area (Å²) in [6, 6.07) is 13.6. The molecule has 0 aliphatic rings. The minimum absolute atomic E-state index is 0.114. The van der Waals surface area contributed by atoms with Crippen LogP contribution < -0.4 is 20.3 Å². The van der Waals surface area contributed by atoms with Crippen molar-refractivity contribution < 1.29 is 9.53 Å². The zero-order valence-corrected chi connectivity index (χ0v) is 15.4. The average molecular weight is 341 g/mol. The normalized spacial score (nSPS) is 10.2. The zero-order valence-electron chi connectivity index (χ0n) is 15.4. The third-order valence-corrected chi connectivity index (χ3v) is 4.16. The molecule has 0 aliphatic heterocycles. The molecule has 2 aromatic rings. The summed E-state index contributed by atoms with van der Waals surface area (Å²) in [5, 5.41) is 6.07. The Kier molecular flexibility index (Phi) is 6.69. The van der Waals surface area contributed by atoms with E-state index in [2.05, 4.69) is 41.5 Å². The number of anilines is 3. The second kappa shape index (κ2) is 8.97. The second-order valence-electron chi connectivity index (χ2n) is 5.77. The van der Waals surface area contributed by atoms with E-state index in [1.807, 2.05) is 37.3 Å². The number of carbonyl (C=O) groups is 1. The summed E-state index contributed by atoms with van der Waals surface area (Å²) in [4.78, 5) is 14.5. The number of hydrogen-bond acceptors (Lipinski definition) is 4. The zero-order chi connectivity index (χ0) is 18.2. The summed E-state index contributed by atoms with van der Waals surface area (Å²) in [5.74, 6) is 0.535. The topological polar surface area (TPSA) is 53.6 Å². The molecule has 0 heterocycles. The van der Waals surface area contributed by atoms with Crippen molar-refractivity contribution in [3.63, 3.8) is 0 Å². The maximum atomic E-state index is 12.2. The van der Waals surface area contributed by atoms with Crippen LogP contribution in [0.15, 0.2) is 42.5 Å². The molecule has 5 nitrogen and oxygen atoms in total. The fraction of sp³-hybridized carbons (Fsp3) is 0.350. The molecule has 0 saturated heterocycles. The number of para-hydroxylation sites is 2. The lowest BCUT2D eigenvalue weighted by Crippen LogP contribution is -2.23. The first kappa shape index (κ1) is 18.6. The average Bonchev–Trinajstić information content (AvgIpc) is 2.62. The minimum Gasteiger partial charge on any atom is -0.495 e. The summed E-state index contributed by atoms with van der Waals surface area (Å²) in [7, 11) is 1.59. The van der Waals surface area contributed by atoms with Gasteiger partial charge in [-0.1, -0.05) is 12.1 Å². The van der Waals surface area contributed by atoms with Crippen molar-refractivity contribution in [3.05, 3.63) is 48.0 Å². The van der Waals surface area contributed by atoms with Crippen LogP contribution in [-0.4, -0.2) is 32.7 Å². The van der Waals surface area contributed by atoms with Gasteiger partial charge in [0.1, 0.15) is 5.75 Å². The van der Waals surface area contributed by atoms with Gasteiger partial charge in [-0.3, -0.25) is 4.79 Å². The van der Waals surface area contributed by atoms with Crippen LogP contribution in [0.3, 0.4) is 0 Å². The van der Waals surface area contributed by atoms with Gasteiger partial charge >= 0.3 is 0 Å². The maximum Gasteiger partial charge on any atom is 0.243 e. The second-order valence-corrected chi connectivity index (χ2v) is 5.77. The largest absolute Gasteiger partial charge is 0.495 e. The summed E-state index contributed by atoms with van der Waals surface area (Å²) >= 11 is 0. The highest BCUT2D eigenvalue weighted by molar-refractivity contribution is 5.95. The molecule has 2 aromatic carbocycles. The van der Waals surface area contributed by atoms with E-state index in [-0.39, 0.29) is 12.5 Å². The predicted octanol–water partition coefficient (Wildman–Crippen LogP) is 3.90. The third-order valence-electron chi connectivity index (χ3n) is 4.16. The fourth-order valence-corrected chi connectivity index (χ4v) is 2.75. The van der Waals surface area contributed by atoms with Gasteiger partial charge in [-0.2, -0.15) is 0 Å². The number of amides is 1. The quantitative estimate of drug-likeness (QED) is 0.764. The molecule has 0 spiro atoms. The van der Waals surface area contributed by atoms with Crippen LogP contribution in [0.4, 0.5) is 17.1 Å². The van der Waals surface area contributed by atoms with Crippen molar-refractivity contribution in [2.45, 2.75) is 20.8 Å². The maximum absolute atomic E-state index is 12.2. The van der Waals surface area contributed by atoms with E-state index in [0.29, 0.717) is 11.4 Å². The summed E-state index contributed by atoms with van der Waals surface area (Å²) in [6.07, 6.45) is 0. The number of methoxy groups -OCH3 is 1. The van der Waals surface area contributed by atoms with Gasteiger partial charge in [0.05, 0.1) is 19.3 Å². The van der Waals surface area contributed by atoms with E-state index < -0.39 is 0 Å². The van der Waals surface area contributed by atoms with Crippen LogP contribution in [0.2, 0.25) is 0 Å². The van der Waals surface area contributed by atoms with Crippen LogP contribution in [0.5, 0.6) is 5.75 Å². The van der Waals surface area contributed by atoms with Gasteiger partial charge in [-0.05, 0) is 56.7 Å². The molecule has 2 rings (SSSR count). The monoisotopic (exact) mass is 341 g/mol. The lowest BCUT2D eigenvalue weighted by Gasteiger charge is -2.22. The Bertz CT molecular complexity index is 712. The molecule has 2 N–H and O–H groups in total. The number of aryl methyl sites for hydroxylation is 1. The van der Waals surface area contributed by atoms with Crippen molar-refractivity contribution in [2.24, 2.45) is 0 Å². The standard InChI is InChI=1S/C20H27N3O2/c1-5-23(6-2)16-11-12-17(15(3)13-16)21-14-20(24)22-18-9-7-8-10-19(18)25-4/h7-13,21H,5-6,14H2,1-4H3,(H,22,24). The van der Waals surface area contributed by atoms with Crippen LogP contribution in [0.25, 0.3) is 0 Å². The van der Waals surface area contributed by atoms with E-state index in [9.17, 15) is 4.79 Å². The van der Waals surface area contributed by atoms with E-state index in [0.717, 1.165) is 24.3 Å². The lowest BCUT2D eigenvalue weighted by molar-refractivity contribution is -0.114. The Hall–Kier alpha value is -2.69. The van der Waals surface area contributed by atoms with Crippen molar-refractivity contribution in [1.29, 1.82) is 0 Å². The molecule has 0 aliphatic carbocycles. The number of hydrogen-bond donors (Lipinski definition) is 2. The van der Waals surface area contributed by atoms with Gasteiger partial charge in [0, 0.05) is 24.5 Å². The summed E-state index contributed by atoms with van der Waals surface area (Å²) in [5.41, 5.74) is 3.96. The Morgan fingerprint density at radius 2 is 1.80 bits per heavy atom. The number of benzene rings is 2. The van der Waals surface area contributed by atoms with Crippen LogP contribution in [0, 0.1) is 6.92 Å². The highest BCUT2D eigenvalue weighted by Crippen LogP contribution is 2.24. The Morgan fingerprint density at radius 1 is 1.08 bits per heavy atom. The van der Waals surface area contributed by atoms with Crippen molar-refractivity contribution in [1.82, 2.24) is 0 Å². The molecular formula is C20H27N3O2. The van der Waals surface area contributed by atoms with E-state index in [1.54, 1.807) is 7.11 Å². The SMILES string of the molecule is CCN(CC)c1ccc(NCC(=O)Nc2ccccc2OC)c(C)c1. The predicted molar refractivity (Wildman–Crippen MR) is 105 cm³/mol. The number of carbonyl (C=O) groups excluding carboxylic acids is 1. The van der Waals surface area contributed by atoms with Gasteiger partial charge < -0.3 is 20.3 Å². The van der Waals surface area contributed by atoms with E-state index in [1.165, 1.54) is 5.69 Å². The highest BCUT2D eigenvalue weighted by atomic mass is 16.5. The summed E-state index contributed by atoms with van der Waals surface area (Å²) in [6.45, 7) is 8.49. The van der Waals surface area contributed by atoms with E-state index >= 15 is 0 Å². The molecule has 0 saturated carbocycles. The molecule has 0 radical (unpaired) electrons. The molecule has 0 aromatic heterocycles. The van der Waals surface area contributed by atoms with Gasteiger partial charge in [0.25, 0.3) is 0 Å². The molecule has 25 heavy (non-hydrogen) atoms. The number of nitrogens with zero attached hydrogens (tertiary/aromatic N) is 1. The van der Waals surface area contributed by atoms with Gasteiger partial charge in [-0.15, -0.1) is 0 Å². The molecule has 0 fully saturated rings. The number of nitrogens with one attached hydrogen (secondary N) is 2. The van der Waals surface area contributed by atoms with Crippen LogP contribution in [0.1, 0.15) is 19.4 Å². The fourth-order valence-electron chi connectivity index (χ4n) is 2.75. The first-order chi connectivity index (χ1) is 12.1. The van der Waals surface area contributed by atoms with Gasteiger partial charge in [0.15, 0.2) is 0 Å². The molecule has 5 heteroatoms. The van der Waals surface area contributed by atoms with Crippen molar-refractivity contribution in [2.75, 3.05) is 42.3 Å². The summed E-state index contributed by atoms with van der Waals surface area (Å²) < 4.78 is 5.25. The lowest BCUT2D eigenvalue weighted by atomic mass is 10.1. The van der Waals surface area contributed by atoms with Crippen molar-refractivity contribution >= 4 is 23.0 Å². The molecule has 134 valence electrons. The molecule has 1 amide bonds. The highest BCUT2D eigenvalue weighted by Gasteiger charge is 2.09. The van der Waals surface area contributed by atoms with Crippen LogP contribution in [-0.2, 0) is 4.79 Å². The van der Waals surface area contributed by atoms with Gasteiger partial charge in [-0.25, -0.2) is 0 Å². The first-order valence-electron chi connectivity index (χ1n) is 8.61. The van der Waals surface area contributed by atoms with Crippen molar-refractivity contribution in [3.8, 4) is 5.75 Å². The Balaban J connectivity index is 1.97. The minimum atomic E-state index is -0.114. The Morgan fingerprint density at radius 3 is 2.44 bits per heavy atom. The van der Waals surface area contributed by atoms with Gasteiger partial charge in [0.2, 0.25) is 5.91 Å². The Labute approximate surface area is 150 Å². The number of rotatable bonds is 8. The first-order valence-corrected chi connectivity index (χ1v) is 8.61. The molecule has 0 atom stereocenters. The van der Waals surface area contributed by atoms with Crippen LogP contribution >= 0.6 is 0 Å². The number of ether oxygens (including phenoxy) is 1. The third kappa shape index (κ3) is 4.89. The van der Waals surface area contributed by atoms with E-state index in [4.69, 9.17) is 4.74 Å². The molecule has 0 bridgehead atoms. The molecule has 0 unspecified atom stereocenters.